The van der Waals surface area contributed by atoms with Gasteiger partial charge >= 0.3 is 0 Å². The third-order valence-corrected chi connectivity index (χ3v) is 4.83. The lowest BCUT2D eigenvalue weighted by Crippen LogP contribution is -2.45. The van der Waals surface area contributed by atoms with E-state index in [-0.39, 0.29) is 5.91 Å². The van der Waals surface area contributed by atoms with Crippen LogP contribution in [0.15, 0.2) is 48.9 Å². The van der Waals surface area contributed by atoms with E-state index in [0.717, 1.165) is 36.3 Å². The first-order chi connectivity index (χ1) is 13.3. The Morgan fingerprint density at radius 3 is 3.04 bits per heavy atom. The van der Waals surface area contributed by atoms with Gasteiger partial charge in [0.25, 0.3) is 5.91 Å². The van der Waals surface area contributed by atoms with Crippen molar-refractivity contribution in [1.29, 1.82) is 0 Å². The molecule has 4 heterocycles. The predicted octanol–water partition coefficient (Wildman–Crippen LogP) is 2.80. The van der Waals surface area contributed by atoms with Crippen LogP contribution < -0.4 is 14.4 Å². The highest BCUT2D eigenvalue weighted by molar-refractivity contribution is 6.03. The molecular weight excluding hydrogens is 344 g/mol. The van der Waals surface area contributed by atoms with E-state index >= 15 is 0 Å². The molecule has 0 saturated carbocycles. The number of imidazole rings is 1. The van der Waals surface area contributed by atoms with Crippen LogP contribution in [0.4, 0.5) is 11.8 Å². The van der Waals surface area contributed by atoms with Gasteiger partial charge in [0.15, 0.2) is 6.10 Å². The highest BCUT2D eigenvalue weighted by Gasteiger charge is 2.37. The van der Waals surface area contributed by atoms with Crippen LogP contribution in [-0.2, 0) is 17.6 Å². The van der Waals surface area contributed by atoms with Crippen LogP contribution in [0.25, 0.3) is 0 Å². The number of aryl methyl sites for hydroxylation is 1. The number of fused-ring (bicyclic) bond motifs is 2. The smallest absolute Gasteiger partial charge is 0.276 e. The van der Waals surface area contributed by atoms with Gasteiger partial charge in [-0.05, 0) is 48.2 Å². The van der Waals surface area contributed by atoms with E-state index in [1.165, 1.54) is 4.90 Å². The van der Waals surface area contributed by atoms with Gasteiger partial charge in [-0.2, -0.15) is 0 Å². The Hall–Kier alpha value is -3.35. The number of carbonyl (C=O) groups is 1. The molecule has 5 rings (SSSR count). The van der Waals surface area contributed by atoms with Crippen LogP contribution in [-0.4, -0.2) is 33.6 Å². The molecule has 27 heavy (non-hydrogen) atoms. The van der Waals surface area contributed by atoms with E-state index in [4.69, 9.17) is 9.47 Å². The first-order valence-electron chi connectivity index (χ1n) is 8.99. The lowest BCUT2D eigenvalue weighted by Gasteiger charge is -2.31. The van der Waals surface area contributed by atoms with E-state index in [1.807, 2.05) is 30.3 Å². The Labute approximate surface area is 156 Å². The van der Waals surface area contributed by atoms with E-state index in [1.54, 1.807) is 18.6 Å². The molecule has 0 saturated heterocycles. The average molecular weight is 362 g/mol. The van der Waals surface area contributed by atoms with E-state index < -0.39 is 6.10 Å². The maximum absolute atomic E-state index is 13.2. The minimum absolute atomic E-state index is 0.190. The topological polar surface area (TPSA) is 80.3 Å². The number of nitrogens with zero attached hydrogens (tertiary/aromatic N) is 3. The molecule has 1 atom stereocenters. The number of aromatic amines is 1. The van der Waals surface area contributed by atoms with E-state index in [0.29, 0.717) is 23.9 Å². The summed E-state index contributed by atoms with van der Waals surface area (Å²) in [6.07, 6.45) is 6.73. The van der Waals surface area contributed by atoms with Crippen molar-refractivity contribution in [3.05, 3.63) is 60.0 Å². The molecule has 0 fully saturated rings. The molecule has 2 aliphatic rings. The summed E-state index contributed by atoms with van der Waals surface area (Å²) in [6, 6.07) is 9.56. The van der Waals surface area contributed by atoms with Gasteiger partial charge in [-0.15, -0.1) is 0 Å². The van der Waals surface area contributed by atoms with Gasteiger partial charge in [0.2, 0.25) is 5.95 Å². The summed E-state index contributed by atoms with van der Waals surface area (Å²) in [5, 5.41) is 0. The molecule has 0 spiro atoms. The van der Waals surface area contributed by atoms with Crippen LogP contribution in [0.2, 0.25) is 0 Å². The molecule has 1 amide bonds. The lowest BCUT2D eigenvalue weighted by atomic mass is 10.0. The summed E-state index contributed by atoms with van der Waals surface area (Å²) in [5.74, 6) is 2.41. The quantitative estimate of drug-likeness (QED) is 0.775. The summed E-state index contributed by atoms with van der Waals surface area (Å²) >= 11 is 0. The fourth-order valence-corrected chi connectivity index (χ4v) is 3.58. The largest absolute Gasteiger partial charge is 0.493 e. The minimum Gasteiger partial charge on any atom is -0.493 e. The van der Waals surface area contributed by atoms with E-state index in [2.05, 4.69) is 15.0 Å². The number of hydrogen-bond acceptors (Lipinski definition) is 5. The second-order valence-corrected chi connectivity index (χ2v) is 6.60. The first-order valence-corrected chi connectivity index (χ1v) is 8.99. The van der Waals surface area contributed by atoms with Crippen molar-refractivity contribution in [2.75, 3.05) is 11.5 Å². The molecule has 136 valence electrons. The van der Waals surface area contributed by atoms with Gasteiger partial charge in [0.1, 0.15) is 17.3 Å². The Bertz CT molecular complexity index is 987. The highest BCUT2D eigenvalue weighted by Crippen LogP contribution is 2.33. The van der Waals surface area contributed by atoms with Gasteiger partial charge < -0.3 is 14.5 Å². The molecule has 0 aliphatic carbocycles. The number of H-pyrrole nitrogens is 1. The first kappa shape index (κ1) is 15.9. The van der Waals surface area contributed by atoms with Gasteiger partial charge in [0, 0.05) is 25.0 Å². The lowest BCUT2D eigenvalue weighted by molar-refractivity contribution is -0.125. The van der Waals surface area contributed by atoms with Crippen molar-refractivity contribution in [2.24, 2.45) is 0 Å². The molecule has 1 unspecified atom stereocenters. The summed E-state index contributed by atoms with van der Waals surface area (Å²) in [7, 11) is 0. The number of amides is 1. The maximum atomic E-state index is 13.2. The molecular formula is C20H18N4O3. The standard InChI is InChI=1S/C20H18N4O3/c25-19-17(27-15-5-6-16-13(11-15)4-2-10-26-16)12-14-3-1-7-21-18(14)24(19)20-22-8-9-23-20/h1,3,5-9,11,17H,2,4,10,12H2,(H,22,23). The number of benzene rings is 1. The van der Waals surface area contributed by atoms with Crippen molar-refractivity contribution in [3.63, 3.8) is 0 Å². The fourth-order valence-electron chi connectivity index (χ4n) is 3.58. The predicted molar refractivity (Wildman–Crippen MR) is 98.3 cm³/mol. The molecule has 7 nitrogen and oxygen atoms in total. The second kappa shape index (κ2) is 6.42. The number of carbonyl (C=O) groups excluding carboxylic acids is 1. The Morgan fingerprint density at radius 1 is 1.19 bits per heavy atom. The number of anilines is 2. The number of rotatable bonds is 3. The zero-order valence-corrected chi connectivity index (χ0v) is 14.6. The molecule has 7 heteroatoms. The van der Waals surface area contributed by atoms with Crippen molar-refractivity contribution < 1.29 is 14.3 Å². The minimum atomic E-state index is -0.644. The van der Waals surface area contributed by atoms with Crippen molar-refractivity contribution in [1.82, 2.24) is 15.0 Å². The van der Waals surface area contributed by atoms with Crippen molar-refractivity contribution in [2.45, 2.75) is 25.4 Å². The summed E-state index contributed by atoms with van der Waals surface area (Å²) in [5.41, 5.74) is 2.06. The summed E-state index contributed by atoms with van der Waals surface area (Å²) in [6.45, 7) is 0.746. The molecule has 1 aromatic carbocycles. The van der Waals surface area contributed by atoms with Crippen LogP contribution in [0.3, 0.4) is 0 Å². The molecule has 3 aromatic rings. The average Bonchev–Trinajstić information content (AvgIpc) is 3.23. The normalized spacial score (nSPS) is 18.4. The maximum Gasteiger partial charge on any atom is 0.276 e. The molecule has 0 bridgehead atoms. The van der Waals surface area contributed by atoms with Crippen molar-refractivity contribution >= 4 is 17.7 Å². The zero-order valence-electron chi connectivity index (χ0n) is 14.6. The number of nitrogens with one attached hydrogen (secondary N) is 1. The Balaban J connectivity index is 1.48. The SMILES string of the molecule is O=C1C(Oc2ccc3c(c2)CCCO3)Cc2cccnc2N1c1ncc[nH]1. The Morgan fingerprint density at radius 2 is 2.15 bits per heavy atom. The number of ether oxygens (including phenoxy) is 2. The van der Waals surface area contributed by atoms with Gasteiger partial charge in [-0.1, -0.05) is 6.07 Å². The number of pyridine rings is 1. The van der Waals surface area contributed by atoms with Crippen molar-refractivity contribution in [3.8, 4) is 11.5 Å². The van der Waals surface area contributed by atoms with E-state index in [9.17, 15) is 4.79 Å². The van der Waals surface area contributed by atoms with Crippen LogP contribution >= 0.6 is 0 Å². The summed E-state index contributed by atoms with van der Waals surface area (Å²) < 4.78 is 11.8. The molecule has 2 aromatic heterocycles. The number of aromatic nitrogens is 3. The van der Waals surface area contributed by atoms with Crippen LogP contribution in [0, 0.1) is 0 Å². The van der Waals surface area contributed by atoms with Crippen LogP contribution in [0.1, 0.15) is 17.5 Å². The molecule has 0 radical (unpaired) electrons. The third-order valence-electron chi connectivity index (χ3n) is 4.83. The third kappa shape index (κ3) is 2.81. The van der Waals surface area contributed by atoms with Gasteiger partial charge in [0.05, 0.1) is 6.61 Å². The zero-order chi connectivity index (χ0) is 18.2. The fraction of sp³-hybridized carbons (Fsp3) is 0.250. The summed E-state index contributed by atoms with van der Waals surface area (Å²) in [4.78, 5) is 26.2. The monoisotopic (exact) mass is 362 g/mol. The van der Waals surface area contributed by atoms with Crippen LogP contribution in [0.5, 0.6) is 11.5 Å². The molecule has 1 N–H and O–H groups in total. The van der Waals surface area contributed by atoms with Gasteiger partial charge in [-0.3, -0.25) is 4.79 Å². The second-order valence-electron chi connectivity index (χ2n) is 6.60. The highest BCUT2D eigenvalue weighted by atomic mass is 16.5. The number of hydrogen-bond donors (Lipinski definition) is 1. The Kier molecular flexibility index (Phi) is 3.78. The molecule has 2 aliphatic heterocycles. The van der Waals surface area contributed by atoms with Gasteiger partial charge in [-0.25, -0.2) is 14.9 Å².